The molecule has 0 saturated heterocycles. The summed E-state index contributed by atoms with van der Waals surface area (Å²) in [5.41, 5.74) is 0.885. The minimum absolute atomic E-state index is 0.00151. The van der Waals surface area contributed by atoms with Crippen LogP contribution in [-0.2, 0) is 4.74 Å². The third-order valence-electron chi connectivity index (χ3n) is 4.26. The molecule has 1 aromatic heterocycles. The molecule has 0 radical (unpaired) electrons. The minimum Gasteiger partial charge on any atom is -0.469 e. The molecule has 0 aliphatic carbocycles. The number of hydrogen-bond donors (Lipinski definition) is 0. The zero-order chi connectivity index (χ0) is 21.7. The molecule has 2 aromatic carbocycles. The van der Waals surface area contributed by atoms with E-state index in [-0.39, 0.29) is 29.1 Å². The third-order valence-corrected chi connectivity index (χ3v) is 4.26. The monoisotopic (exact) mass is 420 g/mol. The van der Waals surface area contributed by atoms with Gasteiger partial charge in [0, 0.05) is 29.1 Å². The van der Waals surface area contributed by atoms with Crippen molar-refractivity contribution < 1.29 is 26.7 Å². The van der Waals surface area contributed by atoms with Gasteiger partial charge in [-0.2, -0.15) is 8.78 Å². The first-order valence-electron chi connectivity index (χ1n) is 9.16. The smallest absolute Gasteiger partial charge is 0.309 e. The highest BCUT2D eigenvalue weighted by atomic mass is 19.2. The molecular weight excluding hydrogens is 403 g/mol. The van der Waals surface area contributed by atoms with E-state index in [1.807, 2.05) is 6.92 Å². The maximum atomic E-state index is 14.1. The van der Waals surface area contributed by atoms with Crippen LogP contribution in [0.25, 0.3) is 28.3 Å². The van der Waals surface area contributed by atoms with Crippen LogP contribution in [0.5, 0.6) is 0 Å². The summed E-state index contributed by atoms with van der Waals surface area (Å²) in [5.74, 6) is -5.02. The van der Waals surface area contributed by atoms with Crippen LogP contribution < -0.4 is 0 Å². The van der Waals surface area contributed by atoms with Gasteiger partial charge in [0.15, 0.2) is 23.3 Å². The number of benzene rings is 2. The Morgan fingerprint density at radius 3 is 2.03 bits per heavy atom. The summed E-state index contributed by atoms with van der Waals surface area (Å²) in [7, 11) is 0. The summed E-state index contributed by atoms with van der Waals surface area (Å²) < 4.78 is 72.4. The van der Waals surface area contributed by atoms with Crippen LogP contribution in [0.3, 0.4) is 0 Å². The lowest BCUT2D eigenvalue weighted by Gasteiger charge is -2.06. The van der Waals surface area contributed by atoms with Crippen molar-refractivity contribution in [2.24, 2.45) is 0 Å². The van der Waals surface area contributed by atoms with Gasteiger partial charge in [0.05, 0.1) is 6.61 Å². The van der Waals surface area contributed by atoms with Gasteiger partial charge in [-0.15, -0.1) is 0 Å². The summed E-state index contributed by atoms with van der Waals surface area (Å²) in [6, 6.07) is 6.14. The van der Waals surface area contributed by atoms with Gasteiger partial charge in [0.1, 0.15) is 0 Å². The second-order valence-electron chi connectivity index (χ2n) is 6.42. The van der Waals surface area contributed by atoms with E-state index in [2.05, 4.69) is 9.97 Å². The van der Waals surface area contributed by atoms with E-state index in [1.165, 1.54) is 36.7 Å². The highest BCUT2D eigenvalue weighted by molar-refractivity contribution is 5.66. The number of aromatic nitrogens is 2. The molecule has 30 heavy (non-hydrogen) atoms. The molecule has 0 saturated carbocycles. The standard InChI is InChI=1S/C22H17F5N2O/c1-2-3-8-30-21(27)19(25)13-4-6-14(7-5-13)22-28-11-16(12-29-22)15-9-17(23)20(26)18(24)10-15/h4-7,9-12H,2-3,8H2,1H3. The Hall–Kier alpha value is -3.29. The van der Waals surface area contributed by atoms with Crippen LogP contribution in [0.15, 0.2) is 54.8 Å². The van der Waals surface area contributed by atoms with Crippen LogP contribution in [0.4, 0.5) is 22.0 Å². The molecule has 0 spiro atoms. The van der Waals surface area contributed by atoms with Crippen molar-refractivity contribution in [3.63, 3.8) is 0 Å². The fourth-order valence-electron chi connectivity index (χ4n) is 2.60. The first-order chi connectivity index (χ1) is 14.4. The maximum absolute atomic E-state index is 14.1. The summed E-state index contributed by atoms with van der Waals surface area (Å²) in [6.07, 6.45) is 4.06. The van der Waals surface area contributed by atoms with E-state index < -0.39 is 29.3 Å². The normalized spacial score (nSPS) is 11.9. The lowest BCUT2D eigenvalue weighted by atomic mass is 10.1. The third kappa shape index (κ3) is 4.82. The molecule has 0 aliphatic rings. The van der Waals surface area contributed by atoms with Crippen LogP contribution in [0.1, 0.15) is 25.3 Å². The van der Waals surface area contributed by atoms with E-state index in [0.29, 0.717) is 12.0 Å². The average Bonchev–Trinajstić information content (AvgIpc) is 2.77. The molecule has 3 aromatic rings. The summed E-state index contributed by atoms with van der Waals surface area (Å²) in [5, 5.41) is 0. The summed E-state index contributed by atoms with van der Waals surface area (Å²) >= 11 is 0. The number of unbranched alkanes of at least 4 members (excludes halogenated alkanes) is 1. The van der Waals surface area contributed by atoms with Gasteiger partial charge in [-0.1, -0.05) is 37.6 Å². The second kappa shape index (κ2) is 9.47. The zero-order valence-electron chi connectivity index (χ0n) is 15.9. The molecule has 0 aliphatic heterocycles. The maximum Gasteiger partial charge on any atom is 0.309 e. The fraction of sp³-hybridized carbons (Fsp3) is 0.182. The van der Waals surface area contributed by atoms with Crippen molar-refractivity contribution in [1.29, 1.82) is 0 Å². The molecule has 0 unspecified atom stereocenters. The van der Waals surface area contributed by atoms with Gasteiger partial charge < -0.3 is 4.74 Å². The molecule has 1 heterocycles. The van der Waals surface area contributed by atoms with Crippen molar-refractivity contribution in [1.82, 2.24) is 9.97 Å². The number of rotatable bonds is 7. The van der Waals surface area contributed by atoms with Crippen LogP contribution in [0.2, 0.25) is 0 Å². The molecular formula is C22H17F5N2O. The minimum atomic E-state index is -1.55. The first kappa shape index (κ1) is 21.4. The lowest BCUT2D eigenvalue weighted by molar-refractivity contribution is 0.141. The van der Waals surface area contributed by atoms with E-state index in [1.54, 1.807) is 0 Å². The van der Waals surface area contributed by atoms with E-state index in [4.69, 9.17) is 4.74 Å². The SMILES string of the molecule is CCCCOC(F)=C(F)c1ccc(-c2ncc(-c3cc(F)c(F)c(F)c3)cn2)cc1. The Bertz CT molecular complexity index is 1030. The van der Waals surface area contributed by atoms with Gasteiger partial charge in [-0.25, -0.2) is 23.1 Å². The van der Waals surface area contributed by atoms with Gasteiger partial charge in [-0.05, 0) is 24.1 Å². The van der Waals surface area contributed by atoms with Gasteiger partial charge in [0.2, 0.25) is 5.83 Å². The molecule has 0 N–H and O–H groups in total. The first-order valence-corrected chi connectivity index (χ1v) is 9.16. The van der Waals surface area contributed by atoms with E-state index >= 15 is 0 Å². The number of halogens is 5. The highest BCUT2D eigenvalue weighted by Crippen LogP contribution is 2.26. The van der Waals surface area contributed by atoms with Crippen molar-refractivity contribution in [2.75, 3.05) is 6.61 Å². The molecule has 0 bridgehead atoms. The van der Waals surface area contributed by atoms with Crippen LogP contribution in [0, 0.1) is 17.5 Å². The molecule has 156 valence electrons. The van der Waals surface area contributed by atoms with Crippen molar-refractivity contribution >= 4 is 5.83 Å². The lowest BCUT2D eigenvalue weighted by Crippen LogP contribution is -1.95. The topological polar surface area (TPSA) is 35.0 Å². The molecule has 8 heteroatoms. The highest BCUT2D eigenvalue weighted by Gasteiger charge is 2.13. The Morgan fingerprint density at radius 1 is 0.867 bits per heavy atom. The number of hydrogen-bond acceptors (Lipinski definition) is 3. The Morgan fingerprint density at radius 2 is 1.47 bits per heavy atom. The Labute approximate surface area is 169 Å². The number of ether oxygens (including phenoxy) is 1. The Balaban J connectivity index is 1.78. The Kier molecular flexibility index (Phi) is 6.76. The van der Waals surface area contributed by atoms with E-state index in [9.17, 15) is 22.0 Å². The molecule has 0 fully saturated rings. The quantitative estimate of drug-likeness (QED) is 0.187. The predicted molar refractivity (Wildman–Crippen MR) is 103 cm³/mol. The predicted octanol–water partition coefficient (Wildman–Crippen LogP) is 6.61. The van der Waals surface area contributed by atoms with Crippen molar-refractivity contribution in [3.05, 3.63) is 77.8 Å². The van der Waals surface area contributed by atoms with E-state index in [0.717, 1.165) is 18.6 Å². The summed E-state index contributed by atoms with van der Waals surface area (Å²) in [6.45, 7) is 2.00. The van der Waals surface area contributed by atoms with Gasteiger partial charge in [0.25, 0.3) is 0 Å². The molecule has 0 atom stereocenters. The van der Waals surface area contributed by atoms with Gasteiger partial charge in [-0.3, -0.25) is 0 Å². The molecule has 0 amide bonds. The van der Waals surface area contributed by atoms with Crippen LogP contribution >= 0.6 is 0 Å². The number of nitrogens with zero attached hydrogens (tertiary/aromatic N) is 2. The zero-order valence-corrected chi connectivity index (χ0v) is 15.9. The van der Waals surface area contributed by atoms with Crippen LogP contribution in [-0.4, -0.2) is 16.6 Å². The fourth-order valence-corrected chi connectivity index (χ4v) is 2.60. The average molecular weight is 420 g/mol. The molecule has 3 rings (SSSR count). The summed E-state index contributed by atoms with van der Waals surface area (Å²) in [4.78, 5) is 8.22. The second-order valence-corrected chi connectivity index (χ2v) is 6.42. The van der Waals surface area contributed by atoms with Gasteiger partial charge >= 0.3 is 6.01 Å². The van der Waals surface area contributed by atoms with Crippen molar-refractivity contribution in [3.8, 4) is 22.5 Å². The largest absolute Gasteiger partial charge is 0.469 e. The molecule has 3 nitrogen and oxygen atoms in total. The van der Waals surface area contributed by atoms with Crippen molar-refractivity contribution in [2.45, 2.75) is 19.8 Å².